The van der Waals surface area contributed by atoms with E-state index in [4.69, 9.17) is 20.9 Å². The van der Waals surface area contributed by atoms with Gasteiger partial charge < -0.3 is 9.26 Å². The van der Waals surface area contributed by atoms with Crippen molar-refractivity contribution in [2.24, 2.45) is 0 Å². The van der Waals surface area contributed by atoms with Crippen molar-refractivity contribution >= 4 is 44.2 Å². The number of rotatable bonds is 5. The van der Waals surface area contributed by atoms with Gasteiger partial charge in [-0.1, -0.05) is 46.3 Å². The SMILES string of the molecule is Cc1onc(-c2ccccc2Cl)c1C(=O)N(C[C@@H]1CCCO1)c1nc2ccc(F)cc2s1. The average Bonchev–Trinajstić information content (AvgIpc) is 3.51. The van der Waals surface area contributed by atoms with Crippen LogP contribution in [0.5, 0.6) is 0 Å². The standard InChI is InChI=1S/C23H19ClFN3O3S/c1-13-20(21(27-31-13)16-6-2-3-7-17(16)24)22(29)28(12-15-5-4-10-30-15)23-26-18-9-8-14(25)11-19(18)32-23/h2-3,6-9,11,15H,4-5,10,12H2,1H3/t15-/m0/s1. The van der Waals surface area contributed by atoms with Crippen molar-refractivity contribution in [3.05, 3.63) is 64.6 Å². The summed E-state index contributed by atoms with van der Waals surface area (Å²) in [4.78, 5) is 20.1. The summed E-state index contributed by atoms with van der Waals surface area (Å²) in [6.45, 7) is 2.68. The third-order valence-corrected chi connectivity index (χ3v) is 6.80. The Bertz CT molecular complexity index is 1300. The van der Waals surface area contributed by atoms with Crippen molar-refractivity contribution in [3.8, 4) is 11.3 Å². The van der Waals surface area contributed by atoms with Crippen LogP contribution in [0.4, 0.5) is 9.52 Å². The van der Waals surface area contributed by atoms with Crippen molar-refractivity contribution in [2.45, 2.75) is 25.9 Å². The minimum absolute atomic E-state index is 0.105. The first-order valence-corrected chi connectivity index (χ1v) is 11.4. The molecule has 5 rings (SSSR count). The Morgan fingerprint density at radius 3 is 2.94 bits per heavy atom. The van der Waals surface area contributed by atoms with E-state index in [0.29, 0.717) is 56.1 Å². The maximum atomic E-state index is 13.9. The third kappa shape index (κ3) is 3.90. The molecule has 0 bridgehead atoms. The number of thiazole rings is 1. The second-order valence-corrected chi connectivity index (χ2v) is 9.02. The maximum absolute atomic E-state index is 13.9. The summed E-state index contributed by atoms with van der Waals surface area (Å²) < 4.78 is 25.6. The fourth-order valence-electron chi connectivity index (χ4n) is 3.84. The number of fused-ring (bicyclic) bond motifs is 1. The summed E-state index contributed by atoms with van der Waals surface area (Å²) in [5.41, 5.74) is 1.94. The molecule has 0 unspecified atom stereocenters. The number of carbonyl (C=O) groups is 1. The first-order valence-electron chi connectivity index (χ1n) is 10.2. The van der Waals surface area contributed by atoms with Crippen LogP contribution in [-0.4, -0.2) is 35.3 Å². The molecule has 9 heteroatoms. The van der Waals surface area contributed by atoms with Crippen LogP contribution in [0.15, 0.2) is 47.0 Å². The van der Waals surface area contributed by atoms with Crippen LogP contribution in [0.25, 0.3) is 21.5 Å². The number of aryl methyl sites for hydroxylation is 1. The van der Waals surface area contributed by atoms with Crippen LogP contribution in [0.1, 0.15) is 29.0 Å². The van der Waals surface area contributed by atoms with Gasteiger partial charge in [-0.25, -0.2) is 9.37 Å². The maximum Gasteiger partial charge on any atom is 0.266 e. The van der Waals surface area contributed by atoms with Gasteiger partial charge in [0, 0.05) is 12.2 Å². The number of amides is 1. The van der Waals surface area contributed by atoms with E-state index in [1.807, 2.05) is 12.1 Å². The smallest absolute Gasteiger partial charge is 0.266 e. The molecule has 0 spiro atoms. The van der Waals surface area contributed by atoms with Gasteiger partial charge in [0.25, 0.3) is 5.91 Å². The molecule has 1 fully saturated rings. The quantitative estimate of drug-likeness (QED) is 0.363. The number of halogens is 2. The Morgan fingerprint density at radius 2 is 2.16 bits per heavy atom. The van der Waals surface area contributed by atoms with Gasteiger partial charge in [0.15, 0.2) is 5.13 Å². The predicted molar refractivity (Wildman–Crippen MR) is 122 cm³/mol. The molecule has 0 N–H and O–H groups in total. The van der Waals surface area contributed by atoms with Gasteiger partial charge in [-0.15, -0.1) is 0 Å². The van der Waals surface area contributed by atoms with Crippen molar-refractivity contribution in [1.29, 1.82) is 0 Å². The molecule has 1 amide bonds. The zero-order chi connectivity index (χ0) is 22.2. The van der Waals surface area contributed by atoms with Crippen molar-refractivity contribution in [2.75, 3.05) is 18.1 Å². The van der Waals surface area contributed by atoms with Crippen molar-refractivity contribution < 1.29 is 18.4 Å². The van der Waals surface area contributed by atoms with Crippen LogP contribution in [-0.2, 0) is 4.74 Å². The Balaban J connectivity index is 1.59. The molecule has 6 nitrogen and oxygen atoms in total. The minimum Gasteiger partial charge on any atom is -0.376 e. The summed E-state index contributed by atoms with van der Waals surface area (Å²) in [6.07, 6.45) is 1.68. The second kappa shape index (κ2) is 8.61. The van der Waals surface area contributed by atoms with Gasteiger partial charge in [-0.3, -0.25) is 9.69 Å². The molecule has 0 saturated carbocycles. The van der Waals surface area contributed by atoms with Gasteiger partial charge in [0.1, 0.15) is 22.8 Å². The number of nitrogens with zero attached hydrogens (tertiary/aromatic N) is 3. The molecular weight excluding hydrogens is 453 g/mol. The van der Waals surface area contributed by atoms with Gasteiger partial charge in [-0.2, -0.15) is 0 Å². The van der Waals surface area contributed by atoms with Gasteiger partial charge >= 0.3 is 0 Å². The zero-order valence-electron chi connectivity index (χ0n) is 17.2. The molecule has 0 radical (unpaired) electrons. The fourth-order valence-corrected chi connectivity index (χ4v) is 5.06. The molecular formula is C23H19ClFN3O3S. The highest BCUT2D eigenvalue weighted by molar-refractivity contribution is 7.22. The van der Waals surface area contributed by atoms with E-state index < -0.39 is 0 Å². The predicted octanol–water partition coefficient (Wildman–Crippen LogP) is 5.88. The summed E-state index contributed by atoms with van der Waals surface area (Å²) in [7, 11) is 0. The van der Waals surface area contributed by atoms with Gasteiger partial charge in [-0.05, 0) is 44.0 Å². The van der Waals surface area contributed by atoms with Crippen LogP contribution in [0.3, 0.4) is 0 Å². The van der Waals surface area contributed by atoms with Crippen LogP contribution in [0, 0.1) is 12.7 Å². The van der Waals surface area contributed by atoms with Crippen molar-refractivity contribution in [1.82, 2.24) is 10.1 Å². The van der Waals surface area contributed by atoms with E-state index in [-0.39, 0.29) is 17.8 Å². The highest BCUT2D eigenvalue weighted by atomic mass is 35.5. The molecule has 2 aromatic carbocycles. The van der Waals surface area contributed by atoms with E-state index in [2.05, 4.69) is 10.1 Å². The monoisotopic (exact) mass is 471 g/mol. The van der Waals surface area contributed by atoms with Gasteiger partial charge in [0.05, 0.1) is 27.9 Å². The number of hydrogen-bond donors (Lipinski definition) is 0. The summed E-state index contributed by atoms with van der Waals surface area (Å²) in [5.74, 6) is -0.274. The molecule has 3 heterocycles. The molecule has 1 aliphatic rings. The lowest BCUT2D eigenvalue weighted by Gasteiger charge is -2.23. The van der Waals surface area contributed by atoms with Crippen LogP contribution in [0.2, 0.25) is 5.02 Å². The Labute approximate surface area is 192 Å². The Morgan fingerprint density at radius 1 is 1.31 bits per heavy atom. The lowest BCUT2D eigenvalue weighted by molar-refractivity contribution is 0.0916. The van der Waals surface area contributed by atoms with Crippen LogP contribution < -0.4 is 4.90 Å². The number of anilines is 1. The number of ether oxygens (including phenoxy) is 1. The van der Waals surface area contributed by atoms with Crippen LogP contribution >= 0.6 is 22.9 Å². The number of hydrogen-bond acceptors (Lipinski definition) is 6. The minimum atomic E-state index is -0.347. The van der Waals surface area contributed by atoms with E-state index in [9.17, 15) is 9.18 Å². The third-order valence-electron chi connectivity index (χ3n) is 5.43. The van der Waals surface area contributed by atoms with E-state index in [0.717, 1.165) is 12.8 Å². The largest absolute Gasteiger partial charge is 0.376 e. The summed E-state index contributed by atoms with van der Waals surface area (Å²) >= 11 is 7.64. The highest BCUT2D eigenvalue weighted by Crippen LogP contribution is 2.35. The first-order chi connectivity index (χ1) is 15.5. The lowest BCUT2D eigenvalue weighted by Crippen LogP contribution is -2.37. The second-order valence-electron chi connectivity index (χ2n) is 7.60. The molecule has 1 saturated heterocycles. The molecule has 1 atom stereocenters. The Hall–Kier alpha value is -2.81. The normalized spacial score (nSPS) is 16.0. The van der Waals surface area contributed by atoms with E-state index >= 15 is 0 Å². The van der Waals surface area contributed by atoms with Gasteiger partial charge in [0.2, 0.25) is 0 Å². The summed E-state index contributed by atoms with van der Waals surface area (Å²) in [5, 5.41) is 5.06. The average molecular weight is 472 g/mol. The zero-order valence-corrected chi connectivity index (χ0v) is 18.8. The summed E-state index contributed by atoms with van der Waals surface area (Å²) in [6, 6.07) is 11.6. The van der Waals surface area contributed by atoms with E-state index in [1.54, 1.807) is 30.0 Å². The fraction of sp³-hybridized carbons (Fsp3) is 0.261. The molecule has 2 aromatic heterocycles. The molecule has 4 aromatic rings. The number of benzene rings is 2. The highest BCUT2D eigenvalue weighted by Gasteiger charge is 2.32. The topological polar surface area (TPSA) is 68.5 Å². The number of carbonyl (C=O) groups excluding carboxylic acids is 1. The molecule has 1 aliphatic heterocycles. The Kier molecular flexibility index (Phi) is 5.67. The van der Waals surface area contributed by atoms with Crippen molar-refractivity contribution in [3.63, 3.8) is 0 Å². The van der Waals surface area contributed by atoms with E-state index in [1.165, 1.54) is 23.5 Å². The first kappa shape index (κ1) is 21.1. The molecule has 0 aliphatic carbocycles. The number of aromatic nitrogens is 2. The lowest BCUT2D eigenvalue weighted by atomic mass is 10.0. The molecule has 164 valence electrons. The molecule has 32 heavy (non-hydrogen) atoms.